The minimum absolute atomic E-state index is 0.0208. The second-order valence-electron chi connectivity index (χ2n) is 4.30. The fourth-order valence-electron chi connectivity index (χ4n) is 2.57. The van der Waals surface area contributed by atoms with Gasteiger partial charge in [-0.05, 0) is 24.7 Å². The molecule has 2 bridgehead atoms. The highest BCUT2D eigenvalue weighted by Crippen LogP contribution is 2.34. The maximum absolute atomic E-state index is 11.4. The fourth-order valence-corrected chi connectivity index (χ4v) is 4.73. The van der Waals surface area contributed by atoms with E-state index in [4.69, 9.17) is 5.73 Å². The van der Waals surface area contributed by atoms with Crippen molar-refractivity contribution >= 4 is 9.84 Å². The van der Waals surface area contributed by atoms with Gasteiger partial charge in [-0.2, -0.15) is 0 Å². The molecule has 0 aromatic carbocycles. The number of fused-ring (bicyclic) bond motifs is 2. The SMILES string of the molecule is NC1C2CC(O)CC1CS(=O)(=O)C2. The lowest BCUT2D eigenvalue weighted by Crippen LogP contribution is -2.54. The molecule has 0 spiro atoms. The van der Waals surface area contributed by atoms with Crippen LogP contribution in [0.5, 0.6) is 0 Å². The molecule has 2 rings (SSSR count). The number of aliphatic hydroxyl groups is 1. The molecule has 0 radical (unpaired) electrons. The normalized spacial score (nSPS) is 48.8. The molecule has 1 saturated carbocycles. The zero-order valence-corrected chi connectivity index (χ0v) is 8.20. The molecule has 76 valence electrons. The molecular weight excluding hydrogens is 190 g/mol. The van der Waals surface area contributed by atoms with Crippen molar-refractivity contribution in [3.63, 3.8) is 0 Å². The Bertz CT molecular complexity index is 279. The molecule has 1 heterocycles. The Morgan fingerprint density at radius 2 is 1.62 bits per heavy atom. The molecule has 1 aliphatic carbocycles. The molecule has 1 aliphatic heterocycles. The maximum Gasteiger partial charge on any atom is 0.150 e. The number of nitrogens with two attached hydrogens (primary N) is 1. The molecule has 0 aromatic rings. The Balaban J connectivity index is 2.23. The number of hydrogen-bond acceptors (Lipinski definition) is 4. The van der Waals surface area contributed by atoms with Gasteiger partial charge < -0.3 is 10.8 Å². The molecule has 0 amide bonds. The third kappa shape index (κ3) is 1.73. The van der Waals surface area contributed by atoms with Crippen molar-refractivity contribution < 1.29 is 13.5 Å². The maximum atomic E-state index is 11.4. The monoisotopic (exact) mass is 205 g/mol. The van der Waals surface area contributed by atoms with Crippen LogP contribution in [0.4, 0.5) is 0 Å². The molecule has 2 fully saturated rings. The summed E-state index contributed by atoms with van der Waals surface area (Å²) in [6.45, 7) is 0. The van der Waals surface area contributed by atoms with Crippen molar-refractivity contribution in [2.24, 2.45) is 17.6 Å². The second kappa shape index (κ2) is 2.93. The summed E-state index contributed by atoms with van der Waals surface area (Å²) in [7, 11) is -2.89. The van der Waals surface area contributed by atoms with Gasteiger partial charge in [-0.15, -0.1) is 0 Å². The van der Waals surface area contributed by atoms with E-state index in [1.54, 1.807) is 0 Å². The summed E-state index contributed by atoms with van der Waals surface area (Å²) in [5.41, 5.74) is 5.89. The zero-order valence-electron chi connectivity index (χ0n) is 7.39. The lowest BCUT2D eigenvalue weighted by molar-refractivity contribution is 0.0646. The minimum Gasteiger partial charge on any atom is -0.393 e. The quantitative estimate of drug-likeness (QED) is 0.538. The van der Waals surface area contributed by atoms with Gasteiger partial charge in [0.25, 0.3) is 0 Å². The first kappa shape index (κ1) is 9.43. The third-order valence-electron chi connectivity index (χ3n) is 3.17. The molecule has 1 saturated heterocycles. The predicted octanol–water partition coefficient (Wildman–Crippen LogP) is -0.871. The van der Waals surface area contributed by atoms with Gasteiger partial charge in [0.15, 0.2) is 9.84 Å². The molecule has 2 unspecified atom stereocenters. The van der Waals surface area contributed by atoms with Crippen molar-refractivity contribution in [3.8, 4) is 0 Å². The van der Waals surface area contributed by atoms with E-state index in [1.807, 2.05) is 0 Å². The van der Waals surface area contributed by atoms with Gasteiger partial charge in [-0.25, -0.2) is 8.42 Å². The van der Waals surface area contributed by atoms with Gasteiger partial charge in [-0.3, -0.25) is 0 Å². The highest BCUT2D eigenvalue weighted by Gasteiger charge is 2.43. The lowest BCUT2D eigenvalue weighted by atomic mass is 9.77. The molecule has 3 N–H and O–H groups in total. The predicted molar refractivity (Wildman–Crippen MR) is 48.9 cm³/mol. The van der Waals surface area contributed by atoms with Crippen LogP contribution in [-0.2, 0) is 9.84 Å². The van der Waals surface area contributed by atoms with Gasteiger partial charge in [0.05, 0.1) is 17.6 Å². The average molecular weight is 205 g/mol. The van der Waals surface area contributed by atoms with Gasteiger partial charge in [0, 0.05) is 6.04 Å². The number of aliphatic hydroxyl groups excluding tert-OH is 1. The zero-order chi connectivity index (χ0) is 9.64. The second-order valence-corrected chi connectivity index (χ2v) is 6.45. The van der Waals surface area contributed by atoms with Gasteiger partial charge in [0.2, 0.25) is 0 Å². The largest absolute Gasteiger partial charge is 0.393 e. The lowest BCUT2D eigenvalue weighted by Gasteiger charge is -2.41. The summed E-state index contributed by atoms with van der Waals surface area (Å²) in [5, 5.41) is 9.45. The van der Waals surface area contributed by atoms with Crippen LogP contribution in [0.15, 0.2) is 0 Å². The van der Waals surface area contributed by atoms with E-state index in [2.05, 4.69) is 0 Å². The van der Waals surface area contributed by atoms with Gasteiger partial charge in [-0.1, -0.05) is 0 Å². The van der Waals surface area contributed by atoms with Crippen molar-refractivity contribution in [1.29, 1.82) is 0 Å². The first-order valence-electron chi connectivity index (χ1n) is 4.62. The highest BCUT2D eigenvalue weighted by atomic mass is 32.2. The summed E-state index contributed by atoms with van der Waals surface area (Å²) < 4.78 is 22.8. The number of hydrogen-bond donors (Lipinski definition) is 2. The molecule has 5 heteroatoms. The van der Waals surface area contributed by atoms with E-state index in [9.17, 15) is 13.5 Å². The van der Waals surface area contributed by atoms with Crippen molar-refractivity contribution in [2.45, 2.75) is 25.0 Å². The fraction of sp³-hybridized carbons (Fsp3) is 1.00. The van der Waals surface area contributed by atoms with Crippen LogP contribution in [0, 0.1) is 11.8 Å². The van der Waals surface area contributed by atoms with Crippen molar-refractivity contribution in [3.05, 3.63) is 0 Å². The number of sulfone groups is 1. The standard InChI is InChI=1S/C8H15NO3S/c9-8-5-1-7(10)2-6(8)4-13(11,12)3-5/h5-8,10H,1-4,9H2. The van der Waals surface area contributed by atoms with E-state index in [1.165, 1.54) is 0 Å². The Labute approximate surface area is 78.0 Å². The highest BCUT2D eigenvalue weighted by molar-refractivity contribution is 7.91. The van der Waals surface area contributed by atoms with Crippen LogP contribution in [0.3, 0.4) is 0 Å². The Hall–Kier alpha value is -0.130. The number of rotatable bonds is 0. The average Bonchev–Trinajstić information content (AvgIpc) is 1.94. The van der Waals surface area contributed by atoms with E-state index >= 15 is 0 Å². The first-order valence-corrected chi connectivity index (χ1v) is 6.44. The van der Waals surface area contributed by atoms with Crippen LogP contribution in [-0.4, -0.2) is 37.2 Å². The third-order valence-corrected chi connectivity index (χ3v) is 5.05. The first-order chi connectivity index (χ1) is 5.98. The van der Waals surface area contributed by atoms with Crippen LogP contribution in [0.2, 0.25) is 0 Å². The molecule has 2 aliphatic rings. The Morgan fingerprint density at radius 3 is 2.08 bits per heavy atom. The summed E-state index contributed by atoms with van der Waals surface area (Å²) in [4.78, 5) is 0. The minimum atomic E-state index is -2.89. The molecular formula is C8H15NO3S. The van der Waals surface area contributed by atoms with Crippen molar-refractivity contribution in [1.82, 2.24) is 0 Å². The van der Waals surface area contributed by atoms with E-state index in [-0.39, 0.29) is 35.5 Å². The van der Waals surface area contributed by atoms with E-state index in [0.717, 1.165) is 0 Å². The smallest absolute Gasteiger partial charge is 0.150 e. The summed E-state index contributed by atoms with van der Waals surface area (Å²) in [5.74, 6) is 0.295. The van der Waals surface area contributed by atoms with Crippen LogP contribution >= 0.6 is 0 Å². The summed E-state index contributed by atoms with van der Waals surface area (Å²) in [6.07, 6.45) is 0.763. The Kier molecular flexibility index (Phi) is 2.13. The van der Waals surface area contributed by atoms with E-state index < -0.39 is 9.84 Å². The van der Waals surface area contributed by atoms with Crippen LogP contribution < -0.4 is 5.73 Å². The van der Waals surface area contributed by atoms with Crippen LogP contribution in [0.25, 0.3) is 0 Å². The Morgan fingerprint density at radius 1 is 1.15 bits per heavy atom. The van der Waals surface area contributed by atoms with Crippen molar-refractivity contribution in [2.75, 3.05) is 11.5 Å². The van der Waals surface area contributed by atoms with Gasteiger partial charge >= 0.3 is 0 Å². The summed E-state index contributed by atoms with van der Waals surface area (Å²) in [6, 6.07) is -0.0214. The van der Waals surface area contributed by atoms with Crippen LogP contribution in [0.1, 0.15) is 12.8 Å². The topological polar surface area (TPSA) is 80.4 Å². The van der Waals surface area contributed by atoms with E-state index in [0.29, 0.717) is 12.8 Å². The van der Waals surface area contributed by atoms with Gasteiger partial charge in [0.1, 0.15) is 0 Å². The molecule has 0 aromatic heterocycles. The summed E-state index contributed by atoms with van der Waals surface area (Å²) >= 11 is 0. The molecule has 2 atom stereocenters. The molecule has 13 heavy (non-hydrogen) atoms. The molecule has 4 nitrogen and oxygen atoms in total.